The van der Waals surface area contributed by atoms with Gasteiger partial charge in [0.15, 0.2) is 0 Å². The molecule has 0 heterocycles. The molecule has 0 aromatic heterocycles. The Balaban J connectivity index is 2.71. The molecule has 0 bridgehead atoms. The van der Waals surface area contributed by atoms with E-state index in [1.54, 1.807) is 0 Å². The van der Waals surface area contributed by atoms with Gasteiger partial charge in [-0.15, -0.1) is 0 Å². The van der Waals surface area contributed by atoms with Gasteiger partial charge < -0.3 is 20.3 Å². The van der Waals surface area contributed by atoms with Crippen LogP contribution in [0.4, 0.5) is 4.79 Å². The van der Waals surface area contributed by atoms with Crippen LogP contribution in [0.1, 0.15) is 79.6 Å². The lowest BCUT2D eigenvalue weighted by Crippen LogP contribution is -2.51. The molecule has 1 amide bonds. The summed E-state index contributed by atoms with van der Waals surface area (Å²) in [6.45, 7) is 9.45. The van der Waals surface area contributed by atoms with E-state index in [1.807, 2.05) is 34.6 Å². The molecule has 5 nitrogen and oxygen atoms in total. The summed E-state index contributed by atoms with van der Waals surface area (Å²) < 4.78 is 5.33. The van der Waals surface area contributed by atoms with Crippen LogP contribution < -0.4 is 5.32 Å². The molecule has 2 unspecified atom stereocenters. The van der Waals surface area contributed by atoms with Crippen molar-refractivity contribution in [2.75, 3.05) is 0 Å². The van der Waals surface area contributed by atoms with Gasteiger partial charge in [0.1, 0.15) is 11.7 Å². The van der Waals surface area contributed by atoms with Crippen LogP contribution in [-0.4, -0.2) is 40.2 Å². The highest BCUT2D eigenvalue weighted by Crippen LogP contribution is 2.29. The van der Waals surface area contributed by atoms with Crippen LogP contribution in [0.25, 0.3) is 0 Å². The molecule has 142 valence electrons. The monoisotopic (exact) mass is 343 g/mol. The minimum atomic E-state index is -0.971. The molecule has 5 heteroatoms. The SMILES string of the molecule is CC(C)CC(O)C(O)[C@H](CC1CCCCC1)NC(=O)OC(C)(C)C. The summed E-state index contributed by atoms with van der Waals surface area (Å²) in [4.78, 5) is 12.1. The van der Waals surface area contributed by atoms with E-state index < -0.39 is 29.9 Å². The number of amides is 1. The van der Waals surface area contributed by atoms with Crippen molar-refractivity contribution in [3.63, 3.8) is 0 Å². The molecule has 0 aromatic rings. The molecular formula is C19H37NO4. The largest absolute Gasteiger partial charge is 0.444 e. The van der Waals surface area contributed by atoms with E-state index >= 15 is 0 Å². The third kappa shape index (κ3) is 8.34. The van der Waals surface area contributed by atoms with Gasteiger partial charge in [-0.2, -0.15) is 0 Å². The Bertz CT molecular complexity index is 372. The summed E-state index contributed by atoms with van der Waals surface area (Å²) in [6, 6.07) is -0.475. The lowest BCUT2D eigenvalue weighted by molar-refractivity contribution is -0.0232. The zero-order valence-electron chi connectivity index (χ0n) is 16.0. The van der Waals surface area contributed by atoms with E-state index in [2.05, 4.69) is 5.32 Å². The maximum absolute atomic E-state index is 12.1. The van der Waals surface area contributed by atoms with Crippen molar-refractivity contribution >= 4 is 6.09 Å². The number of hydrogen-bond acceptors (Lipinski definition) is 4. The predicted molar refractivity (Wildman–Crippen MR) is 95.8 cm³/mol. The van der Waals surface area contributed by atoms with Crippen LogP contribution in [0.5, 0.6) is 0 Å². The third-order valence-corrected chi connectivity index (χ3v) is 4.53. The van der Waals surface area contributed by atoms with Crippen molar-refractivity contribution in [1.29, 1.82) is 0 Å². The zero-order chi connectivity index (χ0) is 18.3. The van der Waals surface area contributed by atoms with Gasteiger partial charge in [0.2, 0.25) is 0 Å². The van der Waals surface area contributed by atoms with E-state index in [4.69, 9.17) is 4.74 Å². The Labute approximate surface area is 147 Å². The number of aliphatic hydroxyl groups is 2. The van der Waals surface area contributed by atoms with Crippen molar-refractivity contribution in [2.45, 2.75) is 103 Å². The molecule has 0 aromatic carbocycles. The Morgan fingerprint density at radius 2 is 1.75 bits per heavy atom. The van der Waals surface area contributed by atoms with Gasteiger partial charge in [-0.05, 0) is 45.4 Å². The topological polar surface area (TPSA) is 78.8 Å². The van der Waals surface area contributed by atoms with Crippen LogP contribution in [0.2, 0.25) is 0 Å². The number of ether oxygens (including phenoxy) is 1. The van der Waals surface area contributed by atoms with Crippen molar-refractivity contribution in [1.82, 2.24) is 5.32 Å². The van der Waals surface area contributed by atoms with Crippen LogP contribution in [0, 0.1) is 11.8 Å². The van der Waals surface area contributed by atoms with Crippen LogP contribution in [-0.2, 0) is 4.74 Å². The van der Waals surface area contributed by atoms with E-state index in [-0.39, 0.29) is 5.92 Å². The third-order valence-electron chi connectivity index (χ3n) is 4.53. The first kappa shape index (κ1) is 21.2. The second kappa shape index (κ2) is 9.62. The van der Waals surface area contributed by atoms with E-state index in [0.717, 1.165) is 12.8 Å². The number of rotatable bonds is 7. The van der Waals surface area contributed by atoms with Crippen LogP contribution in [0.15, 0.2) is 0 Å². The molecule has 1 fully saturated rings. The average molecular weight is 344 g/mol. The highest BCUT2D eigenvalue weighted by atomic mass is 16.6. The standard InChI is InChI=1S/C19H37NO4/c1-13(2)11-16(21)17(22)15(12-14-9-7-6-8-10-14)20-18(23)24-19(3,4)5/h13-17,21-22H,6-12H2,1-5H3,(H,20,23)/t15-,16?,17?/m0/s1. The molecule has 3 atom stereocenters. The lowest BCUT2D eigenvalue weighted by atomic mass is 9.82. The van der Waals surface area contributed by atoms with Crippen molar-refractivity contribution in [3.8, 4) is 0 Å². The smallest absolute Gasteiger partial charge is 0.407 e. The molecule has 1 saturated carbocycles. The Morgan fingerprint density at radius 1 is 1.17 bits per heavy atom. The molecule has 24 heavy (non-hydrogen) atoms. The van der Waals surface area contributed by atoms with Gasteiger partial charge in [0, 0.05) is 0 Å². The summed E-state index contributed by atoms with van der Waals surface area (Å²) >= 11 is 0. The van der Waals surface area contributed by atoms with Gasteiger partial charge >= 0.3 is 6.09 Å². The maximum atomic E-state index is 12.1. The lowest BCUT2D eigenvalue weighted by Gasteiger charge is -2.33. The van der Waals surface area contributed by atoms with Crippen molar-refractivity contribution < 1.29 is 19.7 Å². The summed E-state index contributed by atoms with van der Waals surface area (Å²) in [5, 5.41) is 23.7. The highest BCUT2D eigenvalue weighted by Gasteiger charge is 2.32. The first-order valence-electron chi connectivity index (χ1n) is 9.44. The first-order chi connectivity index (χ1) is 11.1. The highest BCUT2D eigenvalue weighted by molar-refractivity contribution is 5.68. The summed E-state index contributed by atoms with van der Waals surface area (Å²) in [7, 11) is 0. The number of carbonyl (C=O) groups excluding carboxylic acids is 1. The van der Waals surface area contributed by atoms with Gasteiger partial charge in [-0.3, -0.25) is 0 Å². The Morgan fingerprint density at radius 3 is 2.25 bits per heavy atom. The fraction of sp³-hybridized carbons (Fsp3) is 0.947. The van der Waals surface area contributed by atoms with Gasteiger partial charge in [-0.25, -0.2) is 4.79 Å². The quantitative estimate of drug-likeness (QED) is 0.660. The minimum Gasteiger partial charge on any atom is -0.444 e. The van der Waals surface area contributed by atoms with E-state index in [0.29, 0.717) is 18.8 Å². The van der Waals surface area contributed by atoms with Gasteiger partial charge in [0.05, 0.1) is 12.1 Å². The van der Waals surface area contributed by atoms with Crippen molar-refractivity contribution in [3.05, 3.63) is 0 Å². The van der Waals surface area contributed by atoms with E-state index in [9.17, 15) is 15.0 Å². The second-order valence-corrected chi connectivity index (χ2v) is 8.68. The molecular weight excluding hydrogens is 306 g/mol. The molecule has 1 rings (SSSR count). The Kier molecular flexibility index (Phi) is 8.51. The molecule has 0 aliphatic heterocycles. The van der Waals surface area contributed by atoms with E-state index in [1.165, 1.54) is 19.3 Å². The predicted octanol–water partition coefficient (Wildman–Crippen LogP) is 3.62. The minimum absolute atomic E-state index is 0.284. The number of hydrogen-bond donors (Lipinski definition) is 3. The molecule has 1 aliphatic rings. The fourth-order valence-electron chi connectivity index (χ4n) is 3.42. The van der Waals surface area contributed by atoms with Crippen molar-refractivity contribution in [2.24, 2.45) is 11.8 Å². The normalized spacial score (nSPS) is 20.5. The van der Waals surface area contributed by atoms with Crippen LogP contribution >= 0.6 is 0 Å². The number of carbonyl (C=O) groups is 1. The number of aliphatic hydroxyl groups excluding tert-OH is 2. The van der Waals surface area contributed by atoms with Gasteiger partial charge in [0.25, 0.3) is 0 Å². The first-order valence-corrected chi connectivity index (χ1v) is 9.44. The second-order valence-electron chi connectivity index (χ2n) is 8.68. The molecule has 3 N–H and O–H groups in total. The number of nitrogens with one attached hydrogen (secondary N) is 1. The Hall–Kier alpha value is -0.810. The number of alkyl carbamates (subject to hydrolysis) is 1. The zero-order valence-corrected chi connectivity index (χ0v) is 16.0. The molecule has 1 aliphatic carbocycles. The average Bonchev–Trinajstić information content (AvgIpc) is 2.44. The fourth-order valence-corrected chi connectivity index (χ4v) is 3.42. The van der Waals surface area contributed by atoms with Gasteiger partial charge in [-0.1, -0.05) is 46.0 Å². The summed E-state index contributed by atoms with van der Waals surface area (Å²) in [5.41, 5.74) is -0.582. The molecule has 0 saturated heterocycles. The van der Waals surface area contributed by atoms with Crippen LogP contribution in [0.3, 0.4) is 0 Å². The summed E-state index contributed by atoms with van der Waals surface area (Å²) in [5.74, 6) is 0.770. The molecule has 0 spiro atoms. The maximum Gasteiger partial charge on any atom is 0.407 e. The molecule has 0 radical (unpaired) electrons. The summed E-state index contributed by atoms with van der Waals surface area (Å²) in [6.07, 6.45) is 4.78.